The van der Waals surface area contributed by atoms with Crippen molar-refractivity contribution in [1.82, 2.24) is 4.90 Å². The highest BCUT2D eigenvalue weighted by Gasteiger charge is 2.36. The molecule has 1 saturated heterocycles. The second kappa shape index (κ2) is 6.73. The second-order valence-corrected chi connectivity index (χ2v) is 5.83. The number of nitrogens with zero attached hydrogens (tertiary/aromatic N) is 1. The molecular weight excluding hydrogens is 280 g/mol. The average Bonchev–Trinajstić information content (AvgIpc) is 2.89. The Morgan fingerprint density at radius 3 is 2.50 bits per heavy atom. The molecule has 0 saturated carbocycles. The van der Waals surface area contributed by atoms with Crippen LogP contribution in [0.5, 0.6) is 0 Å². The molecule has 2 atom stereocenters. The molecule has 0 bridgehead atoms. The van der Waals surface area contributed by atoms with Crippen LogP contribution in [0, 0.1) is 5.92 Å². The summed E-state index contributed by atoms with van der Waals surface area (Å²) in [5.41, 5.74) is 1.25. The molecule has 2 amide bonds. The third-order valence-electron chi connectivity index (χ3n) is 4.21. The number of amides is 2. The lowest BCUT2D eigenvalue weighted by Crippen LogP contribution is -2.35. The molecule has 5 nitrogen and oxygen atoms in total. The summed E-state index contributed by atoms with van der Waals surface area (Å²) in [7, 11) is 0. The van der Waals surface area contributed by atoms with Crippen LogP contribution in [0.3, 0.4) is 0 Å². The molecular formula is C17H22N2O3. The molecule has 1 fully saturated rings. The summed E-state index contributed by atoms with van der Waals surface area (Å²) in [4.78, 5) is 37.3. The van der Waals surface area contributed by atoms with E-state index in [1.54, 1.807) is 29.2 Å². The van der Waals surface area contributed by atoms with E-state index in [-0.39, 0.29) is 36.0 Å². The Bertz CT molecular complexity index is 580. The predicted octanol–water partition coefficient (Wildman–Crippen LogP) is 2.47. The van der Waals surface area contributed by atoms with Gasteiger partial charge in [0.15, 0.2) is 5.78 Å². The fraction of sp³-hybridized carbons (Fsp3) is 0.471. The van der Waals surface area contributed by atoms with Gasteiger partial charge in [0, 0.05) is 30.3 Å². The van der Waals surface area contributed by atoms with Gasteiger partial charge < -0.3 is 10.2 Å². The van der Waals surface area contributed by atoms with E-state index in [0.29, 0.717) is 17.8 Å². The van der Waals surface area contributed by atoms with Crippen molar-refractivity contribution in [2.75, 3.05) is 11.9 Å². The molecule has 1 heterocycles. The lowest BCUT2D eigenvalue weighted by atomic mass is 10.1. The average molecular weight is 302 g/mol. The minimum absolute atomic E-state index is 0.0107. The summed E-state index contributed by atoms with van der Waals surface area (Å²) in [5, 5.41) is 2.82. The Morgan fingerprint density at radius 1 is 1.32 bits per heavy atom. The number of anilines is 1. The monoisotopic (exact) mass is 302 g/mol. The molecule has 2 unspecified atom stereocenters. The third-order valence-corrected chi connectivity index (χ3v) is 4.21. The van der Waals surface area contributed by atoms with Gasteiger partial charge in [-0.3, -0.25) is 14.4 Å². The maximum absolute atomic E-state index is 12.3. The van der Waals surface area contributed by atoms with Crippen LogP contribution in [0.4, 0.5) is 5.69 Å². The normalized spacial score (nSPS) is 19.1. The van der Waals surface area contributed by atoms with E-state index in [4.69, 9.17) is 0 Å². The number of likely N-dealkylation sites (tertiary alicyclic amines) is 1. The molecule has 2 rings (SSSR count). The van der Waals surface area contributed by atoms with E-state index in [1.165, 1.54) is 6.92 Å². The first-order valence-electron chi connectivity index (χ1n) is 7.63. The highest BCUT2D eigenvalue weighted by molar-refractivity contribution is 5.98. The van der Waals surface area contributed by atoms with Gasteiger partial charge in [0.2, 0.25) is 11.8 Å². The van der Waals surface area contributed by atoms with Crippen LogP contribution in [-0.4, -0.2) is 35.1 Å². The van der Waals surface area contributed by atoms with Crippen LogP contribution in [0.25, 0.3) is 0 Å². The molecule has 0 spiro atoms. The van der Waals surface area contributed by atoms with Crippen LogP contribution in [-0.2, 0) is 9.59 Å². The van der Waals surface area contributed by atoms with Gasteiger partial charge in [0.25, 0.3) is 0 Å². The van der Waals surface area contributed by atoms with E-state index >= 15 is 0 Å². The molecule has 1 N–H and O–H groups in total. The predicted molar refractivity (Wildman–Crippen MR) is 84.6 cm³/mol. The Labute approximate surface area is 130 Å². The van der Waals surface area contributed by atoms with Gasteiger partial charge in [-0.05, 0) is 44.5 Å². The minimum Gasteiger partial charge on any atom is -0.339 e. The van der Waals surface area contributed by atoms with Crippen LogP contribution < -0.4 is 5.32 Å². The van der Waals surface area contributed by atoms with Gasteiger partial charge in [-0.2, -0.15) is 0 Å². The Balaban J connectivity index is 1.98. The van der Waals surface area contributed by atoms with E-state index in [0.717, 1.165) is 6.42 Å². The number of ketones is 1. The summed E-state index contributed by atoms with van der Waals surface area (Å²) < 4.78 is 0. The smallest absolute Gasteiger partial charge is 0.229 e. The van der Waals surface area contributed by atoms with E-state index in [1.807, 2.05) is 13.8 Å². The first kappa shape index (κ1) is 16.2. The number of hydrogen-bond donors (Lipinski definition) is 1. The number of benzene rings is 1. The summed E-state index contributed by atoms with van der Waals surface area (Å²) in [6.45, 7) is 6.01. The Kier molecular flexibility index (Phi) is 4.96. The maximum Gasteiger partial charge on any atom is 0.229 e. The van der Waals surface area contributed by atoms with Crippen LogP contribution in [0.15, 0.2) is 24.3 Å². The second-order valence-electron chi connectivity index (χ2n) is 5.83. The number of hydrogen-bond acceptors (Lipinski definition) is 3. The van der Waals surface area contributed by atoms with Crippen molar-refractivity contribution in [3.05, 3.63) is 29.8 Å². The number of carbonyl (C=O) groups excluding carboxylic acids is 3. The van der Waals surface area contributed by atoms with Crippen LogP contribution in [0.2, 0.25) is 0 Å². The van der Waals surface area contributed by atoms with Gasteiger partial charge in [-0.15, -0.1) is 0 Å². The van der Waals surface area contributed by atoms with Gasteiger partial charge in [0.1, 0.15) is 0 Å². The van der Waals surface area contributed by atoms with Crippen LogP contribution >= 0.6 is 0 Å². The minimum atomic E-state index is -0.311. The first-order valence-corrected chi connectivity index (χ1v) is 7.63. The largest absolute Gasteiger partial charge is 0.339 e. The molecule has 0 aromatic heterocycles. The van der Waals surface area contributed by atoms with Gasteiger partial charge >= 0.3 is 0 Å². The molecule has 1 aromatic rings. The quantitative estimate of drug-likeness (QED) is 0.850. The SMILES string of the molecule is CCC(C)N1CC(C(=O)Nc2ccc(C(C)=O)cc2)CC1=O. The van der Waals surface area contributed by atoms with Crippen LogP contribution in [0.1, 0.15) is 44.0 Å². The highest BCUT2D eigenvalue weighted by Crippen LogP contribution is 2.23. The van der Waals surface area contributed by atoms with E-state index in [2.05, 4.69) is 5.32 Å². The van der Waals surface area contributed by atoms with Gasteiger partial charge in [-0.25, -0.2) is 0 Å². The van der Waals surface area contributed by atoms with E-state index in [9.17, 15) is 14.4 Å². The molecule has 5 heteroatoms. The zero-order valence-corrected chi connectivity index (χ0v) is 13.3. The molecule has 0 radical (unpaired) electrons. The number of rotatable bonds is 5. The molecule has 1 aliphatic heterocycles. The Morgan fingerprint density at radius 2 is 1.95 bits per heavy atom. The van der Waals surface area contributed by atoms with Crippen molar-refractivity contribution in [3.63, 3.8) is 0 Å². The third kappa shape index (κ3) is 3.53. The maximum atomic E-state index is 12.3. The van der Waals surface area contributed by atoms with Gasteiger partial charge in [0.05, 0.1) is 5.92 Å². The fourth-order valence-corrected chi connectivity index (χ4v) is 2.59. The zero-order valence-electron chi connectivity index (χ0n) is 13.3. The molecule has 118 valence electrons. The first-order chi connectivity index (χ1) is 10.4. The lowest BCUT2D eigenvalue weighted by Gasteiger charge is -2.23. The van der Waals surface area contributed by atoms with Gasteiger partial charge in [-0.1, -0.05) is 6.92 Å². The Hall–Kier alpha value is -2.17. The van der Waals surface area contributed by atoms with Crippen molar-refractivity contribution in [2.45, 2.75) is 39.7 Å². The molecule has 1 aromatic carbocycles. The van der Waals surface area contributed by atoms with Crippen molar-refractivity contribution in [3.8, 4) is 0 Å². The summed E-state index contributed by atoms with van der Waals surface area (Å²) in [5.74, 6) is -0.423. The van der Waals surface area contributed by atoms with E-state index < -0.39 is 0 Å². The zero-order chi connectivity index (χ0) is 16.3. The van der Waals surface area contributed by atoms with Crippen molar-refractivity contribution < 1.29 is 14.4 Å². The fourth-order valence-electron chi connectivity index (χ4n) is 2.59. The molecule has 22 heavy (non-hydrogen) atoms. The summed E-state index contributed by atoms with van der Waals surface area (Å²) in [6, 6.07) is 6.95. The van der Waals surface area contributed by atoms with Crippen molar-refractivity contribution in [1.29, 1.82) is 0 Å². The topological polar surface area (TPSA) is 66.5 Å². The highest BCUT2D eigenvalue weighted by atomic mass is 16.2. The summed E-state index contributed by atoms with van der Waals surface area (Å²) in [6.07, 6.45) is 1.15. The standard InChI is InChI=1S/C17H22N2O3/c1-4-11(2)19-10-14(9-16(19)21)17(22)18-15-7-5-13(6-8-15)12(3)20/h5-8,11,14H,4,9-10H2,1-3H3,(H,18,22). The summed E-state index contributed by atoms with van der Waals surface area (Å²) >= 11 is 0. The lowest BCUT2D eigenvalue weighted by molar-refractivity contribution is -0.129. The van der Waals surface area contributed by atoms with Crippen molar-refractivity contribution in [2.24, 2.45) is 5.92 Å². The number of Topliss-reactive ketones (excluding diaryl/α,β-unsaturated/α-hetero) is 1. The van der Waals surface area contributed by atoms with Crippen molar-refractivity contribution >= 4 is 23.3 Å². The number of nitrogens with one attached hydrogen (secondary N) is 1. The molecule has 0 aliphatic carbocycles. The number of carbonyl (C=O) groups is 3. The molecule has 1 aliphatic rings.